The lowest BCUT2D eigenvalue weighted by molar-refractivity contribution is -0.111. The quantitative estimate of drug-likeness (QED) is 0.671. The number of carbonyl (C=O) groups is 1. The zero-order valence-electron chi connectivity index (χ0n) is 13.8. The molecule has 2 aromatic carbocycles. The average Bonchev–Trinajstić information content (AvgIpc) is 3.08. The fourth-order valence-corrected chi connectivity index (χ4v) is 3.12. The number of amides is 1. The van der Waals surface area contributed by atoms with E-state index in [1.807, 2.05) is 54.6 Å². The van der Waals surface area contributed by atoms with Crippen molar-refractivity contribution in [2.75, 3.05) is 12.4 Å². The molecule has 4 nitrogen and oxygen atoms in total. The molecule has 1 N–H and O–H groups in total. The SMILES string of the molecule is COc1ccc(Cc2cnc(NC(=O)/C=C\c3ccccc3)s2)cc1. The highest BCUT2D eigenvalue weighted by Gasteiger charge is 2.05. The molecule has 0 saturated carbocycles. The van der Waals surface area contributed by atoms with Gasteiger partial charge in [-0.05, 0) is 29.3 Å². The van der Waals surface area contributed by atoms with Crippen LogP contribution in [0.3, 0.4) is 0 Å². The van der Waals surface area contributed by atoms with Gasteiger partial charge < -0.3 is 4.74 Å². The van der Waals surface area contributed by atoms with Crippen LogP contribution in [0.4, 0.5) is 5.13 Å². The van der Waals surface area contributed by atoms with E-state index in [0.29, 0.717) is 5.13 Å². The molecule has 0 fully saturated rings. The summed E-state index contributed by atoms with van der Waals surface area (Å²) >= 11 is 1.48. The Labute approximate surface area is 150 Å². The van der Waals surface area contributed by atoms with Crippen LogP contribution < -0.4 is 10.1 Å². The number of aromatic nitrogens is 1. The van der Waals surface area contributed by atoms with Crippen molar-refractivity contribution in [1.82, 2.24) is 4.98 Å². The van der Waals surface area contributed by atoms with Gasteiger partial charge in [0.1, 0.15) is 5.75 Å². The third kappa shape index (κ3) is 5.02. The molecule has 0 aliphatic rings. The lowest BCUT2D eigenvalue weighted by Gasteiger charge is -2.01. The summed E-state index contributed by atoms with van der Waals surface area (Å²) in [5.74, 6) is 0.653. The molecule has 1 amide bonds. The highest BCUT2D eigenvalue weighted by molar-refractivity contribution is 7.15. The van der Waals surface area contributed by atoms with Gasteiger partial charge in [-0.15, -0.1) is 11.3 Å². The number of benzene rings is 2. The molecule has 1 heterocycles. The number of nitrogens with zero attached hydrogens (tertiary/aromatic N) is 1. The van der Waals surface area contributed by atoms with Gasteiger partial charge in [-0.2, -0.15) is 0 Å². The maximum atomic E-state index is 12.0. The minimum absolute atomic E-state index is 0.186. The Morgan fingerprint density at radius 3 is 2.64 bits per heavy atom. The fraction of sp³-hybridized carbons (Fsp3) is 0.100. The third-order valence-corrected chi connectivity index (χ3v) is 4.46. The summed E-state index contributed by atoms with van der Waals surface area (Å²) in [6, 6.07) is 17.6. The number of thiazole rings is 1. The van der Waals surface area contributed by atoms with Crippen LogP contribution in [0, 0.1) is 0 Å². The number of nitrogens with one attached hydrogen (secondary N) is 1. The standard InChI is InChI=1S/C20H18N2O2S/c1-24-17-10-7-16(8-11-17)13-18-14-21-20(25-18)22-19(23)12-9-15-5-3-2-4-6-15/h2-12,14H,13H2,1H3,(H,21,22,23)/b12-9-. The van der Waals surface area contributed by atoms with E-state index in [0.717, 1.165) is 22.6 Å². The van der Waals surface area contributed by atoms with Crippen LogP contribution in [0.25, 0.3) is 6.08 Å². The van der Waals surface area contributed by atoms with Gasteiger partial charge in [0.2, 0.25) is 5.91 Å². The molecular weight excluding hydrogens is 332 g/mol. The van der Waals surface area contributed by atoms with Crippen LogP contribution in [0.1, 0.15) is 16.0 Å². The predicted octanol–water partition coefficient (Wildman–Crippen LogP) is 4.39. The molecule has 126 valence electrons. The van der Waals surface area contributed by atoms with Gasteiger partial charge in [0.25, 0.3) is 0 Å². The summed E-state index contributed by atoms with van der Waals surface area (Å²) in [7, 11) is 1.65. The Morgan fingerprint density at radius 2 is 1.92 bits per heavy atom. The van der Waals surface area contributed by atoms with Crippen molar-refractivity contribution >= 4 is 28.5 Å². The predicted molar refractivity (Wildman–Crippen MR) is 102 cm³/mol. The van der Waals surface area contributed by atoms with Crippen LogP contribution in [0.15, 0.2) is 66.9 Å². The Hall–Kier alpha value is -2.92. The van der Waals surface area contributed by atoms with E-state index in [9.17, 15) is 4.79 Å². The molecule has 5 heteroatoms. The lowest BCUT2D eigenvalue weighted by atomic mass is 10.1. The van der Waals surface area contributed by atoms with Crippen LogP contribution in [-0.2, 0) is 11.2 Å². The Balaban J connectivity index is 1.57. The number of hydrogen-bond donors (Lipinski definition) is 1. The number of methoxy groups -OCH3 is 1. The monoisotopic (exact) mass is 350 g/mol. The number of carbonyl (C=O) groups excluding carboxylic acids is 1. The van der Waals surface area contributed by atoms with Crippen LogP contribution in [-0.4, -0.2) is 18.0 Å². The van der Waals surface area contributed by atoms with Gasteiger partial charge in [-0.1, -0.05) is 42.5 Å². The van der Waals surface area contributed by atoms with Gasteiger partial charge in [0, 0.05) is 23.6 Å². The highest BCUT2D eigenvalue weighted by Crippen LogP contribution is 2.22. The van der Waals surface area contributed by atoms with Crippen molar-refractivity contribution in [3.63, 3.8) is 0 Å². The van der Waals surface area contributed by atoms with Crippen molar-refractivity contribution in [2.45, 2.75) is 6.42 Å². The second-order valence-electron chi connectivity index (χ2n) is 5.39. The lowest BCUT2D eigenvalue weighted by Crippen LogP contribution is -2.06. The topological polar surface area (TPSA) is 51.2 Å². The molecule has 3 rings (SSSR count). The molecule has 0 aliphatic carbocycles. The average molecular weight is 350 g/mol. The third-order valence-electron chi connectivity index (χ3n) is 3.55. The van der Waals surface area contributed by atoms with Gasteiger partial charge in [0.15, 0.2) is 5.13 Å². The van der Waals surface area contributed by atoms with Gasteiger partial charge in [-0.25, -0.2) is 4.98 Å². The summed E-state index contributed by atoms with van der Waals surface area (Å²) in [5.41, 5.74) is 2.16. The number of ether oxygens (including phenoxy) is 1. The normalized spacial score (nSPS) is 10.8. The zero-order valence-corrected chi connectivity index (χ0v) is 14.6. The van der Waals surface area contributed by atoms with Crippen molar-refractivity contribution in [2.24, 2.45) is 0 Å². The highest BCUT2D eigenvalue weighted by atomic mass is 32.1. The van der Waals surface area contributed by atoms with Crippen LogP contribution in [0.2, 0.25) is 0 Å². The van der Waals surface area contributed by atoms with Gasteiger partial charge in [-0.3, -0.25) is 10.1 Å². The Bertz CT molecular complexity index is 855. The molecule has 25 heavy (non-hydrogen) atoms. The number of anilines is 1. The second kappa shape index (κ2) is 8.26. The summed E-state index contributed by atoms with van der Waals surface area (Å²) in [6.07, 6.45) is 5.86. The Kier molecular flexibility index (Phi) is 5.59. The zero-order chi connectivity index (χ0) is 17.5. The summed E-state index contributed by atoms with van der Waals surface area (Å²) in [6.45, 7) is 0. The molecular formula is C20H18N2O2S. The van der Waals surface area contributed by atoms with Crippen LogP contribution >= 0.6 is 11.3 Å². The Morgan fingerprint density at radius 1 is 1.16 bits per heavy atom. The fourth-order valence-electron chi connectivity index (χ4n) is 2.27. The van der Waals surface area contributed by atoms with Crippen molar-refractivity contribution in [3.8, 4) is 5.75 Å². The summed E-state index contributed by atoms with van der Waals surface area (Å²) < 4.78 is 5.16. The maximum absolute atomic E-state index is 12.0. The molecule has 0 bridgehead atoms. The molecule has 3 aromatic rings. The first kappa shape index (κ1) is 16.9. The van der Waals surface area contributed by atoms with E-state index < -0.39 is 0 Å². The first-order valence-electron chi connectivity index (χ1n) is 7.85. The van der Waals surface area contributed by atoms with Crippen molar-refractivity contribution in [3.05, 3.63) is 82.9 Å². The van der Waals surface area contributed by atoms with E-state index in [1.54, 1.807) is 19.4 Å². The first-order chi connectivity index (χ1) is 12.2. The minimum atomic E-state index is -0.186. The minimum Gasteiger partial charge on any atom is -0.497 e. The van der Waals surface area contributed by atoms with E-state index in [2.05, 4.69) is 10.3 Å². The number of rotatable bonds is 6. The molecule has 0 saturated heterocycles. The molecule has 0 spiro atoms. The number of hydrogen-bond acceptors (Lipinski definition) is 4. The smallest absolute Gasteiger partial charge is 0.250 e. The van der Waals surface area contributed by atoms with E-state index in [4.69, 9.17) is 4.74 Å². The van der Waals surface area contributed by atoms with Crippen molar-refractivity contribution < 1.29 is 9.53 Å². The molecule has 0 aliphatic heterocycles. The molecule has 0 atom stereocenters. The van der Waals surface area contributed by atoms with E-state index in [-0.39, 0.29) is 5.91 Å². The largest absolute Gasteiger partial charge is 0.497 e. The summed E-state index contributed by atoms with van der Waals surface area (Å²) in [5, 5.41) is 3.40. The van der Waals surface area contributed by atoms with Gasteiger partial charge >= 0.3 is 0 Å². The van der Waals surface area contributed by atoms with Crippen molar-refractivity contribution in [1.29, 1.82) is 0 Å². The second-order valence-corrected chi connectivity index (χ2v) is 6.51. The first-order valence-corrected chi connectivity index (χ1v) is 8.66. The molecule has 0 unspecified atom stereocenters. The molecule has 1 aromatic heterocycles. The molecule has 0 radical (unpaired) electrons. The van der Waals surface area contributed by atoms with E-state index >= 15 is 0 Å². The summed E-state index contributed by atoms with van der Waals surface area (Å²) in [4.78, 5) is 17.3. The van der Waals surface area contributed by atoms with E-state index in [1.165, 1.54) is 23.0 Å². The van der Waals surface area contributed by atoms with Crippen LogP contribution in [0.5, 0.6) is 5.75 Å². The maximum Gasteiger partial charge on any atom is 0.250 e. The van der Waals surface area contributed by atoms with Gasteiger partial charge in [0.05, 0.1) is 7.11 Å².